The molecule has 2 saturated heterocycles. The summed E-state index contributed by atoms with van der Waals surface area (Å²) in [7, 11) is -3.55. The predicted molar refractivity (Wildman–Crippen MR) is 105 cm³/mol. The monoisotopic (exact) mass is 417 g/mol. The van der Waals surface area contributed by atoms with Gasteiger partial charge in [0, 0.05) is 39.4 Å². The maximum absolute atomic E-state index is 12.9. The zero-order chi connectivity index (χ0) is 18.9. The second-order valence-corrected chi connectivity index (χ2v) is 9.15. The van der Waals surface area contributed by atoms with E-state index in [2.05, 4.69) is 0 Å². The topological polar surface area (TPSA) is 92.9 Å². The number of nitrogens with zero attached hydrogens (tertiary/aromatic N) is 2. The second-order valence-electron chi connectivity index (χ2n) is 7.21. The highest BCUT2D eigenvalue weighted by Crippen LogP contribution is 2.24. The number of hydrogen-bond donors (Lipinski definition) is 1. The Hall–Kier alpha value is -1.19. The minimum absolute atomic E-state index is 0. The first-order chi connectivity index (χ1) is 12.2. The molecule has 0 radical (unpaired) electrons. The second kappa shape index (κ2) is 8.45. The Bertz CT molecular complexity index is 786. The minimum Gasteiger partial charge on any atom is -0.381 e. The van der Waals surface area contributed by atoms with Crippen LogP contribution in [0.25, 0.3) is 0 Å². The zero-order valence-corrected chi connectivity index (χ0v) is 17.4. The molecular weight excluding hydrogens is 390 g/mol. The maximum atomic E-state index is 12.9. The van der Waals surface area contributed by atoms with E-state index in [0.29, 0.717) is 44.0 Å². The Morgan fingerprint density at radius 1 is 1.07 bits per heavy atom. The molecule has 2 heterocycles. The molecule has 0 saturated carbocycles. The fourth-order valence-corrected chi connectivity index (χ4v) is 4.93. The van der Waals surface area contributed by atoms with Crippen LogP contribution in [0.4, 0.5) is 0 Å². The fraction of sp³-hybridized carbons (Fsp3) is 0.611. The van der Waals surface area contributed by atoms with Crippen molar-refractivity contribution in [1.82, 2.24) is 9.21 Å². The molecule has 1 amide bonds. The summed E-state index contributed by atoms with van der Waals surface area (Å²) < 4.78 is 32.5. The number of aryl methyl sites for hydroxylation is 2. The molecule has 0 unspecified atom stereocenters. The SMILES string of the molecule is Cc1ccc(S(=O)(=O)N2CCN(C(=O)C3(N)CCOCC3)CC2)cc1C.Cl. The molecule has 0 atom stereocenters. The van der Waals surface area contributed by atoms with Gasteiger partial charge in [0.25, 0.3) is 0 Å². The van der Waals surface area contributed by atoms with Crippen molar-refractivity contribution in [2.45, 2.75) is 37.1 Å². The van der Waals surface area contributed by atoms with E-state index in [0.717, 1.165) is 11.1 Å². The molecule has 0 aromatic heterocycles. The Morgan fingerprint density at radius 2 is 1.67 bits per heavy atom. The van der Waals surface area contributed by atoms with Crippen LogP contribution < -0.4 is 5.73 Å². The van der Waals surface area contributed by atoms with Crippen molar-refractivity contribution in [1.29, 1.82) is 0 Å². The van der Waals surface area contributed by atoms with Crippen molar-refractivity contribution in [3.05, 3.63) is 29.3 Å². The number of hydrogen-bond acceptors (Lipinski definition) is 5. The lowest BCUT2D eigenvalue weighted by molar-refractivity contribution is -0.141. The van der Waals surface area contributed by atoms with Crippen LogP contribution in [0.3, 0.4) is 0 Å². The van der Waals surface area contributed by atoms with E-state index in [-0.39, 0.29) is 31.4 Å². The van der Waals surface area contributed by atoms with Gasteiger partial charge >= 0.3 is 0 Å². The van der Waals surface area contributed by atoms with Crippen LogP contribution in [0, 0.1) is 13.8 Å². The van der Waals surface area contributed by atoms with Gasteiger partial charge in [0.05, 0.1) is 10.4 Å². The molecule has 7 nitrogen and oxygen atoms in total. The van der Waals surface area contributed by atoms with Crippen LogP contribution in [0.2, 0.25) is 0 Å². The van der Waals surface area contributed by atoms with E-state index in [1.165, 1.54) is 4.31 Å². The Labute approximate surface area is 167 Å². The average Bonchev–Trinajstić information content (AvgIpc) is 2.64. The molecule has 1 aromatic carbocycles. The van der Waals surface area contributed by atoms with Crippen molar-refractivity contribution >= 4 is 28.3 Å². The van der Waals surface area contributed by atoms with Crippen LogP contribution in [0.5, 0.6) is 0 Å². The number of benzene rings is 1. The Morgan fingerprint density at radius 3 is 2.22 bits per heavy atom. The first-order valence-corrected chi connectivity index (χ1v) is 10.4. The molecule has 2 aliphatic rings. The van der Waals surface area contributed by atoms with Gasteiger partial charge in [0.2, 0.25) is 15.9 Å². The van der Waals surface area contributed by atoms with Gasteiger partial charge in [-0.3, -0.25) is 4.79 Å². The van der Waals surface area contributed by atoms with Crippen molar-refractivity contribution < 1.29 is 17.9 Å². The number of carbonyl (C=O) groups is 1. The lowest BCUT2D eigenvalue weighted by atomic mass is 9.89. The molecule has 0 spiro atoms. The maximum Gasteiger partial charge on any atom is 0.243 e. The van der Waals surface area contributed by atoms with Crippen LogP contribution in [0.15, 0.2) is 23.1 Å². The highest BCUT2D eigenvalue weighted by atomic mass is 35.5. The third-order valence-corrected chi connectivity index (χ3v) is 7.35. The van der Waals surface area contributed by atoms with E-state index in [4.69, 9.17) is 10.5 Å². The minimum atomic E-state index is -3.55. The lowest BCUT2D eigenvalue weighted by Gasteiger charge is -2.40. The summed E-state index contributed by atoms with van der Waals surface area (Å²) in [6, 6.07) is 5.18. The molecule has 27 heavy (non-hydrogen) atoms. The van der Waals surface area contributed by atoms with Gasteiger partial charge in [-0.05, 0) is 49.9 Å². The van der Waals surface area contributed by atoms with E-state index in [1.807, 2.05) is 19.9 Å². The van der Waals surface area contributed by atoms with Gasteiger partial charge in [-0.25, -0.2) is 8.42 Å². The summed E-state index contributed by atoms with van der Waals surface area (Å²) in [5, 5.41) is 0. The van der Waals surface area contributed by atoms with Crippen LogP contribution in [-0.4, -0.2) is 68.5 Å². The van der Waals surface area contributed by atoms with E-state index >= 15 is 0 Å². The third-order valence-electron chi connectivity index (χ3n) is 5.45. The van der Waals surface area contributed by atoms with Crippen molar-refractivity contribution in [3.63, 3.8) is 0 Å². The summed E-state index contributed by atoms with van der Waals surface area (Å²) in [5.41, 5.74) is 7.40. The third kappa shape index (κ3) is 4.46. The largest absolute Gasteiger partial charge is 0.381 e. The molecule has 0 aliphatic carbocycles. The van der Waals surface area contributed by atoms with Gasteiger partial charge in [-0.2, -0.15) is 4.31 Å². The molecule has 3 rings (SSSR count). The number of rotatable bonds is 3. The molecule has 2 N–H and O–H groups in total. The smallest absolute Gasteiger partial charge is 0.243 e. The van der Waals surface area contributed by atoms with E-state index < -0.39 is 15.6 Å². The summed E-state index contributed by atoms with van der Waals surface area (Å²) in [4.78, 5) is 14.8. The first kappa shape index (κ1) is 22.1. The van der Waals surface area contributed by atoms with E-state index in [1.54, 1.807) is 17.0 Å². The van der Waals surface area contributed by atoms with Crippen molar-refractivity contribution in [2.24, 2.45) is 5.73 Å². The number of ether oxygens (including phenoxy) is 1. The number of carbonyl (C=O) groups excluding carboxylic acids is 1. The van der Waals surface area contributed by atoms with Gasteiger partial charge in [0.15, 0.2) is 0 Å². The van der Waals surface area contributed by atoms with Gasteiger partial charge < -0.3 is 15.4 Å². The summed E-state index contributed by atoms with van der Waals surface area (Å²) in [6.45, 7) is 6.13. The number of halogens is 1. The van der Waals surface area contributed by atoms with Crippen molar-refractivity contribution in [2.75, 3.05) is 39.4 Å². The van der Waals surface area contributed by atoms with E-state index in [9.17, 15) is 13.2 Å². The normalized spacial score (nSPS) is 20.8. The predicted octanol–water partition coefficient (Wildman–Crippen LogP) is 1.07. The highest BCUT2D eigenvalue weighted by Gasteiger charge is 2.40. The molecule has 1 aromatic rings. The molecule has 2 fully saturated rings. The standard InChI is InChI=1S/C18H27N3O4S.ClH/c1-14-3-4-16(13-15(14)2)26(23,24)21-9-7-20(8-10-21)17(22)18(19)5-11-25-12-6-18;/h3-4,13H,5-12,19H2,1-2H3;1H. The van der Waals surface area contributed by atoms with Gasteiger partial charge in [0.1, 0.15) is 0 Å². The van der Waals surface area contributed by atoms with Crippen LogP contribution >= 0.6 is 12.4 Å². The molecule has 2 aliphatic heterocycles. The fourth-order valence-electron chi connectivity index (χ4n) is 3.42. The molecule has 0 bridgehead atoms. The molecular formula is C18H28ClN3O4S. The van der Waals surface area contributed by atoms with Crippen LogP contribution in [0.1, 0.15) is 24.0 Å². The quantitative estimate of drug-likeness (QED) is 0.793. The number of sulfonamides is 1. The first-order valence-electron chi connectivity index (χ1n) is 8.97. The highest BCUT2D eigenvalue weighted by molar-refractivity contribution is 7.89. The molecule has 152 valence electrons. The van der Waals surface area contributed by atoms with Crippen molar-refractivity contribution in [3.8, 4) is 0 Å². The summed E-state index contributed by atoms with van der Waals surface area (Å²) >= 11 is 0. The zero-order valence-electron chi connectivity index (χ0n) is 15.8. The number of amides is 1. The van der Waals surface area contributed by atoms with Crippen LogP contribution in [-0.2, 0) is 19.6 Å². The molecule has 9 heteroatoms. The summed E-state index contributed by atoms with van der Waals surface area (Å²) in [5.74, 6) is -0.0935. The van der Waals surface area contributed by atoms with Gasteiger partial charge in [-0.15, -0.1) is 12.4 Å². The number of nitrogens with two attached hydrogens (primary N) is 1. The Balaban J connectivity index is 0.00000261. The lowest BCUT2D eigenvalue weighted by Crippen LogP contribution is -2.61. The summed E-state index contributed by atoms with van der Waals surface area (Å²) in [6.07, 6.45) is 1.01. The van der Waals surface area contributed by atoms with Gasteiger partial charge in [-0.1, -0.05) is 6.07 Å². The Kier molecular flexibility index (Phi) is 6.91. The average molecular weight is 418 g/mol. The number of piperazine rings is 1.